The molecule has 0 heterocycles. The molecule has 21 heteroatoms. The molecule has 512 valence electrons. The first-order chi connectivity index (χ1) is 43.2. The van der Waals surface area contributed by atoms with Gasteiger partial charge in [0, 0.05) is 32.1 Å². The molecule has 0 aliphatic rings. The summed E-state index contributed by atoms with van der Waals surface area (Å²) in [6.45, 7) is 12.0. The van der Waals surface area contributed by atoms with Gasteiger partial charge >= 0.3 is 17.9 Å². The zero-order valence-corrected chi connectivity index (χ0v) is 60.3. The molecule has 5 rings (SSSR count). The highest BCUT2D eigenvalue weighted by Crippen LogP contribution is 2.33. The summed E-state index contributed by atoms with van der Waals surface area (Å²) in [6, 6.07) is 51.7. The Bertz CT molecular complexity index is 2770. The van der Waals surface area contributed by atoms with Gasteiger partial charge in [0.2, 0.25) is 0 Å². The number of carbonyl (C=O) groups is 3. The topological polar surface area (TPSA) is 137 Å². The lowest BCUT2D eigenvalue weighted by Gasteiger charge is -2.20. The molecule has 0 spiro atoms. The van der Waals surface area contributed by atoms with Crippen LogP contribution in [0.15, 0.2) is 162 Å². The zero-order chi connectivity index (χ0) is 65.3. The molecule has 0 aliphatic heterocycles. The predicted octanol–water partition coefficient (Wildman–Crippen LogP) is 22.2. The number of ether oxygens (including phenoxy) is 4. The largest absolute Gasteiger partial charge is 0.481 e. The Morgan fingerprint density at radius 2 is 0.935 bits per heavy atom. The van der Waals surface area contributed by atoms with Crippen LogP contribution in [0.1, 0.15) is 148 Å². The van der Waals surface area contributed by atoms with Crippen molar-refractivity contribution in [2.24, 2.45) is 0 Å². The van der Waals surface area contributed by atoms with E-state index in [9.17, 15) is 19.6 Å². The molecular formula is C72H100N2O8S11. The van der Waals surface area contributed by atoms with Gasteiger partial charge in [0.25, 0.3) is 5.88 Å². The highest BCUT2D eigenvalue weighted by molar-refractivity contribution is 8.46. The van der Waals surface area contributed by atoms with Crippen molar-refractivity contribution in [1.29, 1.82) is 5.26 Å². The number of nitriles is 1. The van der Waals surface area contributed by atoms with Crippen LogP contribution < -0.4 is 0 Å². The van der Waals surface area contributed by atoms with Gasteiger partial charge in [-0.05, 0) is 75.9 Å². The molecule has 0 radical (unpaired) electrons. The van der Waals surface area contributed by atoms with Crippen LogP contribution in [-0.4, -0.2) is 108 Å². The minimum Gasteiger partial charge on any atom is -0.481 e. The maximum atomic E-state index is 11.6. The van der Waals surface area contributed by atoms with Crippen molar-refractivity contribution in [2.75, 3.05) is 63.8 Å². The second-order valence-electron chi connectivity index (χ2n) is 18.9. The fourth-order valence-corrected chi connectivity index (χ4v) is 13.6. The van der Waals surface area contributed by atoms with Crippen LogP contribution in [0, 0.1) is 17.9 Å². The smallest absolute Gasteiger partial charge is 0.316 e. The summed E-state index contributed by atoms with van der Waals surface area (Å²) in [5.41, 5.74) is 5.42. The second kappa shape index (κ2) is 66.6. The highest BCUT2D eigenvalue weighted by Gasteiger charge is 2.28. The molecule has 0 amide bonds. The van der Waals surface area contributed by atoms with E-state index in [0.717, 1.165) is 31.7 Å². The standard InChI is InChI=1S/C16H19NO3S2.C16H29NS2.C15H14S3.C12H14O3S2.C9H8O2S2.4CH4/c1-16(12-17,9-8-14(18)20-11-10-19-2)22-15(21)13-6-4-3-5-7-13;1-3-4-5-6-7-8-9-10-11-12-13-18-14-15-19-16-17-2;16-15(17-11-13-7-3-1-4-8-13)18-12-14-9-5-2-6-10-14;1-14-7-8-15-11(13)9-17-12(16)10-5-3-2-4-6-10;10-8(11)6-13-9(12)7-4-2-1-3-5-7;;;;/h3-7H,8-11H2,1-2H3;14-15H,3-13,16H2,1H3;1-10H,11-12H2;2-6H,7-9H2,1H3;1-5H,6H2,(H,10,11);4*1H4. The van der Waals surface area contributed by atoms with Gasteiger partial charge in [-0.15, -0.1) is 58.8 Å². The molecule has 1 unspecified atom stereocenters. The number of hydrogen-bond donors (Lipinski definition) is 1. The van der Waals surface area contributed by atoms with Crippen molar-refractivity contribution in [3.63, 3.8) is 0 Å². The summed E-state index contributed by atoms with van der Waals surface area (Å²) in [5.74, 6) is 2.51. The summed E-state index contributed by atoms with van der Waals surface area (Å²) < 4.78 is 21.7. The van der Waals surface area contributed by atoms with Gasteiger partial charge in [-0.1, -0.05) is 307 Å². The normalized spacial score (nSPS) is 10.4. The van der Waals surface area contributed by atoms with E-state index in [4.69, 9.17) is 79.5 Å². The predicted molar refractivity (Wildman–Crippen MR) is 431 cm³/mol. The number of hydrogen-bond acceptors (Lipinski definition) is 19. The molecule has 0 saturated heterocycles. The van der Waals surface area contributed by atoms with Gasteiger partial charge in [0.1, 0.15) is 21.5 Å². The van der Waals surface area contributed by atoms with Gasteiger partial charge in [-0.3, -0.25) is 14.4 Å². The van der Waals surface area contributed by atoms with E-state index in [1.165, 1.54) is 116 Å². The first-order valence-electron chi connectivity index (χ1n) is 28.9. The minimum atomic E-state index is -0.844. The van der Waals surface area contributed by atoms with E-state index in [0.29, 0.717) is 38.1 Å². The fourth-order valence-electron chi connectivity index (χ4n) is 6.84. The number of rotatable bonds is 35. The Morgan fingerprint density at radius 1 is 0.548 bits per heavy atom. The van der Waals surface area contributed by atoms with E-state index >= 15 is 0 Å². The molecule has 1 N–H and O–H groups in total. The Labute approximate surface area is 611 Å². The number of nitrogens with zero attached hydrogens (tertiary/aromatic N) is 2. The van der Waals surface area contributed by atoms with Gasteiger partial charge in [0.05, 0.1) is 43.4 Å². The van der Waals surface area contributed by atoms with E-state index < -0.39 is 10.7 Å². The number of carboxylic acids is 1. The van der Waals surface area contributed by atoms with E-state index in [-0.39, 0.29) is 72.8 Å². The van der Waals surface area contributed by atoms with Crippen LogP contribution in [0.5, 0.6) is 0 Å². The first-order valence-corrected chi connectivity index (χ1v) is 37.4. The summed E-state index contributed by atoms with van der Waals surface area (Å²) >= 11 is 31.7. The fraction of sp³-hybridized carbons (Fsp3) is 0.431. The lowest BCUT2D eigenvalue weighted by atomic mass is 10.1. The summed E-state index contributed by atoms with van der Waals surface area (Å²) in [5, 5.41) is 22.0. The highest BCUT2D eigenvalue weighted by atomic mass is 32.2. The number of esters is 2. The lowest BCUT2D eigenvalue weighted by molar-refractivity contribution is -0.145. The number of thioether (sulfide) groups is 7. The molecule has 0 fully saturated rings. The van der Waals surface area contributed by atoms with E-state index in [1.54, 1.807) is 56.4 Å². The summed E-state index contributed by atoms with van der Waals surface area (Å²) in [6.07, 6.45) is 14.6. The number of methoxy groups -OCH3 is 2. The first kappa shape index (κ1) is 95.4. The van der Waals surface area contributed by atoms with Crippen molar-refractivity contribution < 1.29 is 38.4 Å². The minimum absolute atomic E-state index is 0. The van der Waals surface area contributed by atoms with Crippen LogP contribution in [0.25, 0.3) is 4.85 Å². The molecule has 0 aliphatic carbocycles. The molecule has 0 aromatic heterocycles. The van der Waals surface area contributed by atoms with Gasteiger partial charge in [0.15, 0.2) is 0 Å². The number of benzene rings is 5. The maximum absolute atomic E-state index is 11.6. The molecule has 10 nitrogen and oxygen atoms in total. The zero-order valence-electron chi connectivity index (χ0n) is 51.3. The Hall–Kier alpha value is -4.04. The van der Waals surface area contributed by atoms with E-state index in [1.807, 2.05) is 120 Å². The third-order valence-electron chi connectivity index (χ3n) is 11.5. The van der Waals surface area contributed by atoms with Crippen LogP contribution in [-0.2, 0) is 44.8 Å². The maximum Gasteiger partial charge on any atom is 0.316 e. The van der Waals surface area contributed by atoms with Crippen molar-refractivity contribution in [1.82, 2.24) is 0 Å². The van der Waals surface area contributed by atoms with Crippen LogP contribution >= 0.6 is 131 Å². The lowest BCUT2D eigenvalue weighted by Crippen LogP contribution is -2.22. The van der Waals surface area contributed by atoms with Crippen LogP contribution in [0.2, 0.25) is 0 Å². The van der Waals surface area contributed by atoms with Crippen LogP contribution in [0.3, 0.4) is 0 Å². The van der Waals surface area contributed by atoms with Crippen molar-refractivity contribution >= 4 is 165 Å². The molecule has 5 aromatic carbocycles. The van der Waals surface area contributed by atoms with Crippen molar-refractivity contribution in [2.45, 2.75) is 137 Å². The Balaban J connectivity index is -0.000000531. The van der Waals surface area contributed by atoms with Crippen molar-refractivity contribution in [3.05, 3.63) is 202 Å². The number of aliphatic carboxylic acids is 1. The molecular weight excluding hydrogens is 1370 g/mol. The average Bonchev–Trinajstić information content (AvgIpc) is 1.64. The number of carbonyl (C=O) groups excluding carboxylic acids is 2. The van der Waals surface area contributed by atoms with E-state index in [2.05, 4.69) is 71.8 Å². The van der Waals surface area contributed by atoms with Crippen LogP contribution in [0.4, 0.5) is 0 Å². The van der Waals surface area contributed by atoms with Gasteiger partial charge < -0.3 is 28.9 Å². The summed E-state index contributed by atoms with van der Waals surface area (Å²) in [7, 11) is 3.11. The summed E-state index contributed by atoms with van der Waals surface area (Å²) in [4.78, 5) is 36.4. The molecule has 93 heavy (non-hydrogen) atoms. The average molecular weight is 1470 g/mol. The molecule has 1 atom stereocenters. The third kappa shape index (κ3) is 55.8. The van der Waals surface area contributed by atoms with Gasteiger partial charge in [-0.2, -0.15) is 5.26 Å². The second-order valence-corrected chi connectivity index (χ2v) is 29.4. The number of carboxylic acid groups (broad SMARTS) is 1. The molecule has 0 bridgehead atoms. The SMILES string of the molecule is C.C.C.C.COCCOC(=O)CCC(C)(C#N)SC(=S)c1ccccc1.COCCOC(=O)CSC(=S)c1ccccc1.O=C(O)CSC(=S)c1ccccc1.S=C(SCc1ccccc1)SCc1ccccc1.[C-]#[N+]CSC=CSCCCCCCCCCCCC. The Kier molecular flexibility index (Phi) is 68.3. The van der Waals surface area contributed by atoms with Gasteiger partial charge in [-0.25, -0.2) is 6.57 Å². The third-order valence-corrected chi connectivity index (χ3v) is 20.6. The molecule has 5 aromatic rings. The molecule has 0 saturated carbocycles. The monoisotopic (exact) mass is 1470 g/mol. The quantitative estimate of drug-likeness (QED) is 0.0178. The Morgan fingerprint density at radius 3 is 1.34 bits per heavy atom. The number of thiocarbonyl (C=S) groups is 4. The van der Waals surface area contributed by atoms with Crippen molar-refractivity contribution in [3.8, 4) is 6.07 Å². The number of unbranched alkanes of at least 4 members (excludes halogenated alkanes) is 9.